The van der Waals surface area contributed by atoms with E-state index in [1.807, 2.05) is 6.92 Å². The summed E-state index contributed by atoms with van der Waals surface area (Å²) in [6.45, 7) is 5.25. The number of aryl methyl sites for hydroxylation is 1. The molecule has 3 N–H and O–H groups in total. The van der Waals surface area contributed by atoms with Crippen LogP contribution in [0.1, 0.15) is 49.2 Å². The molecule has 0 saturated heterocycles. The molecule has 1 heterocycles. The molecule has 1 amide bonds. The maximum absolute atomic E-state index is 12.0. The van der Waals surface area contributed by atoms with Crippen LogP contribution in [0.25, 0.3) is 0 Å². The van der Waals surface area contributed by atoms with Crippen molar-refractivity contribution in [1.29, 1.82) is 0 Å². The number of H-pyrrole nitrogens is 1. The summed E-state index contributed by atoms with van der Waals surface area (Å²) >= 11 is 0. The van der Waals surface area contributed by atoms with Crippen LogP contribution in [0.5, 0.6) is 0 Å². The number of aromatic amines is 1. The summed E-state index contributed by atoms with van der Waals surface area (Å²) in [4.78, 5) is 36.9. The Morgan fingerprint density at radius 1 is 1.29 bits per heavy atom. The second-order valence-electron chi connectivity index (χ2n) is 5.43. The number of carboxylic acids is 1. The third-order valence-electron chi connectivity index (χ3n) is 3.37. The Morgan fingerprint density at radius 3 is 2.52 bits per heavy atom. The number of rotatable bonds is 7. The van der Waals surface area contributed by atoms with Gasteiger partial charge in [-0.15, -0.1) is 0 Å². The third kappa shape index (κ3) is 5.41. The van der Waals surface area contributed by atoms with E-state index >= 15 is 0 Å². The minimum absolute atomic E-state index is 0.0892. The fourth-order valence-corrected chi connectivity index (χ4v) is 1.98. The van der Waals surface area contributed by atoms with Gasteiger partial charge >= 0.3 is 5.97 Å². The van der Waals surface area contributed by atoms with Crippen molar-refractivity contribution in [3.05, 3.63) is 33.7 Å². The Hall–Kier alpha value is -2.11. The van der Waals surface area contributed by atoms with Crippen LogP contribution in [0, 0.1) is 12.8 Å². The number of carboxylic acid groups (broad SMARTS) is 1. The number of pyridine rings is 1. The maximum atomic E-state index is 12.0. The zero-order valence-corrected chi connectivity index (χ0v) is 12.6. The van der Waals surface area contributed by atoms with Crippen molar-refractivity contribution in [2.24, 2.45) is 5.92 Å². The van der Waals surface area contributed by atoms with Gasteiger partial charge in [-0.2, -0.15) is 0 Å². The zero-order chi connectivity index (χ0) is 16.0. The Bertz CT molecular complexity index is 565. The van der Waals surface area contributed by atoms with Gasteiger partial charge in [0.05, 0.1) is 5.92 Å². The molecule has 1 rings (SSSR count). The van der Waals surface area contributed by atoms with Gasteiger partial charge in [0.1, 0.15) is 5.56 Å². The fraction of sp³-hybridized carbons (Fsp3) is 0.533. The van der Waals surface area contributed by atoms with Crippen molar-refractivity contribution in [3.63, 3.8) is 0 Å². The normalized spacial score (nSPS) is 13.5. The van der Waals surface area contributed by atoms with E-state index in [0.717, 1.165) is 0 Å². The molecule has 6 nitrogen and oxygen atoms in total. The van der Waals surface area contributed by atoms with Crippen LogP contribution in [0.4, 0.5) is 0 Å². The van der Waals surface area contributed by atoms with E-state index in [-0.39, 0.29) is 17.5 Å². The standard InChI is InChI=1S/C15H22N2O4/c1-9(15(20)21)5-4-6-10(2)16-13(18)12-8-7-11(3)17-14(12)19/h7-10H,4-6H2,1-3H3,(H,16,18)(H,17,19)(H,20,21). The Morgan fingerprint density at radius 2 is 1.95 bits per heavy atom. The van der Waals surface area contributed by atoms with Crippen LogP contribution in [0.3, 0.4) is 0 Å². The van der Waals surface area contributed by atoms with Gasteiger partial charge in [-0.25, -0.2) is 0 Å². The lowest BCUT2D eigenvalue weighted by atomic mass is 10.0. The van der Waals surface area contributed by atoms with Crippen molar-refractivity contribution < 1.29 is 14.7 Å². The minimum Gasteiger partial charge on any atom is -0.481 e. The predicted octanol–water partition coefficient (Wildman–Crippen LogP) is 1.69. The molecule has 0 aliphatic carbocycles. The van der Waals surface area contributed by atoms with Crippen LogP contribution < -0.4 is 10.9 Å². The van der Waals surface area contributed by atoms with Gasteiger partial charge in [0.15, 0.2) is 0 Å². The summed E-state index contributed by atoms with van der Waals surface area (Å²) in [7, 11) is 0. The summed E-state index contributed by atoms with van der Waals surface area (Å²) in [5.41, 5.74) is 0.387. The van der Waals surface area contributed by atoms with E-state index in [1.165, 1.54) is 6.07 Å². The average Bonchev–Trinajstić information content (AvgIpc) is 2.37. The molecular formula is C15H22N2O4. The average molecular weight is 294 g/mol. The van der Waals surface area contributed by atoms with Gasteiger partial charge in [0, 0.05) is 11.7 Å². The number of aliphatic carboxylic acids is 1. The quantitative estimate of drug-likeness (QED) is 0.712. The molecule has 0 saturated carbocycles. The molecule has 0 bridgehead atoms. The van der Waals surface area contributed by atoms with Crippen LogP contribution in [0.2, 0.25) is 0 Å². The maximum Gasteiger partial charge on any atom is 0.306 e. The van der Waals surface area contributed by atoms with Crippen LogP contribution in [0.15, 0.2) is 16.9 Å². The predicted molar refractivity (Wildman–Crippen MR) is 79.4 cm³/mol. The summed E-state index contributed by atoms with van der Waals surface area (Å²) in [6, 6.07) is 3.07. The zero-order valence-electron chi connectivity index (χ0n) is 12.6. The van der Waals surface area contributed by atoms with Crippen molar-refractivity contribution in [2.45, 2.75) is 46.1 Å². The van der Waals surface area contributed by atoms with Crippen molar-refractivity contribution in [3.8, 4) is 0 Å². The number of carbonyl (C=O) groups excluding carboxylic acids is 1. The molecule has 2 unspecified atom stereocenters. The highest BCUT2D eigenvalue weighted by atomic mass is 16.4. The van der Waals surface area contributed by atoms with Crippen LogP contribution >= 0.6 is 0 Å². The number of hydrogen-bond donors (Lipinski definition) is 3. The first kappa shape index (κ1) is 16.9. The molecule has 6 heteroatoms. The van der Waals surface area contributed by atoms with Crippen molar-refractivity contribution in [2.75, 3.05) is 0 Å². The summed E-state index contributed by atoms with van der Waals surface area (Å²) in [5.74, 6) is -1.60. The lowest BCUT2D eigenvalue weighted by molar-refractivity contribution is -0.141. The van der Waals surface area contributed by atoms with Gasteiger partial charge in [-0.1, -0.05) is 13.3 Å². The van der Waals surface area contributed by atoms with Crippen molar-refractivity contribution in [1.82, 2.24) is 10.3 Å². The first-order chi connectivity index (χ1) is 9.81. The highest BCUT2D eigenvalue weighted by Crippen LogP contribution is 2.09. The molecule has 1 aromatic heterocycles. The molecule has 0 aliphatic rings. The van der Waals surface area contributed by atoms with Gasteiger partial charge in [-0.05, 0) is 38.8 Å². The highest BCUT2D eigenvalue weighted by molar-refractivity contribution is 5.93. The molecule has 21 heavy (non-hydrogen) atoms. The number of aromatic nitrogens is 1. The Labute approximate surface area is 123 Å². The number of amides is 1. The summed E-state index contributed by atoms with van der Waals surface area (Å²) < 4.78 is 0. The first-order valence-corrected chi connectivity index (χ1v) is 7.05. The topological polar surface area (TPSA) is 99.3 Å². The molecule has 0 aliphatic heterocycles. The Balaban J connectivity index is 2.47. The van der Waals surface area contributed by atoms with Gasteiger partial charge in [0.2, 0.25) is 0 Å². The van der Waals surface area contributed by atoms with E-state index in [4.69, 9.17) is 5.11 Å². The highest BCUT2D eigenvalue weighted by Gasteiger charge is 2.15. The molecule has 0 radical (unpaired) electrons. The van der Waals surface area contributed by atoms with Gasteiger partial charge in [0.25, 0.3) is 11.5 Å². The lowest BCUT2D eigenvalue weighted by Crippen LogP contribution is -2.36. The van der Waals surface area contributed by atoms with Gasteiger partial charge in [-0.3, -0.25) is 14.4 Å². The largest absolute Gasteiger partial charge is 0.481 e. The van der Waals surface area contributed by atoms with E-state index in [9.17, 15) is 14.4 Å². The molecule has 0 fully saturated rings. The van der Waals surface area contributed by atoms with Crippen molar-refractivity contribution >= 4 is 11.9 Å². The smallest absolute Gasteiger partial charge is 0.306 e. The van der Waals surface area contributed by atoms with E-state index in [2.05, 4.69) is 10.3 Å². The second kappa shape index (κ2) is 7.61. The molecule has 1 aromatic rings. The molecule has 0 aromatic carbocycles. The molecular weight excluding hydrogens is 272 g/mol. The fourth-order valence-electron chi connectivity index (χ4n) is 1.98. The summed E-state index contributed by atoms with van der Waals surface area (Å²) in [6.07, 6.45) is 1.95. The van der Waals surface area contributed by atoms with Crippen LogP contribution in [-0.4, -0.2) is 28.0 Å². The number of nitrogens with one attached hydrogen (secondary N) is 2. The first-order valence-electron chi connectivity index (χ1n) is 7.05. The number of hydrogen-bond acceptors (Lipinski definition) is 3. The SMILES string of the molecule is Cc1ccc(C(=O)NC(C)CCCC(C)C(=O)O)c(=O)[nH]1. The summed E-state index contributed by atoms with van der Waals surface area (Å²) in [5, 5.41) is 11.5. The minimum atomic E-state index is -0.808. The Kier molecular flexibility index (Phi) is 6.14. The lowest BCUT2D eigenvalue weighted by Gasteiger charge is -2.14. The monoisotopic (exact) mass is 294 g/mol. The van der Waals surface area contributed by atoms with E-state index < -0.39 is 17.4 Å². The van der Waals surface area contributed by atoms with E-state index in [1.54, 1.807) is 19.9 Å². The molecule has 116 valence electrons. The van der Waals surface area contributed by atoms with Crippen LogP contribution in [-0.2, 0) is 4.79 Å². The number of carbonyl (C=O) groups is 2. The van der Waals surface area contributed by atoms with Gasteiger partial charge < -0.3 is 15.4 Å². The third-order valence-corrected chi connectivity index (χ3v) is 3.37. The second-order valence-corrected chi connectivity index (χ2v) is 5.43. The molecule has 0 spiro atoms. The van der Waals surface area contributed by atoms with E-state index in [0.29, 0.717) is 25.0 Å². The molecule has 2 atom stereocenters.